The molecule has 0 aromatic heterocycles. The molecule has 0 N–H and O–H groups in total. The smallest absolute Gasteiger partial charge is 0.0454 e. The number of rotatable bonds is 2. The molecule has 1 saturated carbocycles. The minimum absolute atomic E-state index is 0.112. The van der Waals surface area contributed by atoms with E-state index in [4.69, 9.17) is 0 Å². The van der Waals surface area contributed by atoms with Crippen LogP contribution in [0.2, 0.25) is 0 Å². The maximum atomic E-state index is 2.54. The van der Waals surface area contributed by atoms with E-state index in [1.54, 1.807) is 11.1 Å². The van der Waals surface area contributed by atoms with E-state index in [1.165, 1.54) is 36.0 Å². The summed E-state index contributed by atoms with van der Waals surface area (Å²) < 4.78 is 0. The Bertz CT molecular complexity index is 1220. The molecule has 1 spiro atoms. The first kappa shape index (κ1) is 21.7. The summed E-state index contributed by atoms with van der Waals surface area (Å²) in [7, 11) is 0. The summed E-state index contributed by atoms with van der Waals surface area (Å²) in [5.74, 6) is 0. The quantitative estimate of drug-likeness (QED) is 0.370. The summed E-state index contributed by atoms with van der Waals surface area (Å²) in [6.45, 7) is 7.54. The van der Waals surface area contributed by atoms with Gasteiger partial charge >= 0.3 is 0 Å². The third-order valence-corrected chi connectivity index (χ3v) is 10.1. The minimum Gasteiger partial charge on any atom is -0.0837 e. The molecule has 2 unspecified atom stereocenters. The van der Waals surface area contributed by atoms with Crippen molar-refractivity contribution in [2.24, 2.45) is 10.8 Å². The Balaban J connectivity index is 1.63. The SMILES string of the molecule is CC1(C)CCC2(CCC(c3ccccc3)(c3ccccc3)c3ccccc32)C2=CC=CCC21C. The average molecular weight is 445 g/mol. The first-order chi connectivity index (χ1) is 16.4. The van der Waals surface area contributed by atoms with Crippen LogP contribution in [-0.2, 0) is 10.8 Å². The Morgan fingerprint density at radius 3 is 1.79 bits per heavy atom. The molecular weight excluding hydrogens is 408 g/mol. The number of hydrogen-bond donors (Lipinski definition) is 0. The highest BCUT2D eigenvalue weighted by Crippen LogP contribution is 2.67. The van der Waals surface area contributed by atoms with Crippen LogP contribution in [0, 0.1) is 10.8 Å². The van der Waals surface area contributed by atoms with Crippen LogP contribution in [0.5, 0.6) is 0 Å². The van der Waals surface area contributed by atoms with Crippen LogP contribution in [0.3, 0.4) is 0 Å². The molecule has 2 atom stereocenters. The number of benzene rings is 3. The Kier molecular flexibility index (Phi) is 4.82. The zero-order chi connectivity index (χ0) is 23.4. The van der Waals surface area contributed by atoms with E-state index in [0.717, 1.165) is 12.8 Å². The van der Waals surface area contributed by atoms with Crippen molar-refractivity contribution in [3.8, 4) is 0 Å². The predicted octanol–water partition coefficient (Wildman–Crippen LogP) is 8.77. The lowest BCUT2D eigenvalue weighted by Gasteiger charge is -2.61. The molecule has 3 aromatic rings. The average Bonchev–Trinajstić information content (AvgIpc) is 2.88. The van der Waals surface area contributed by atoms with Crippen LogP contribution in [0.15, 0.2) is 109 Å². The van der Waals surface area contributed by atoms with Gasteiger partial charge in [-0.05, 0) is 65.2 Å². The fraction of sp³-hybridized carbons (Fsp3) is 0.353. The van der Waals surface area contributed by atoms with Crippen LogP contribution in [0.4, 0.5) is 0 Å². The second-order valence-corrected chi connectivity index (χ2v) is 11.7. The lowest BCUT2D eigenvalue weighted by molar-refractivity contribution is 0.0466. The molecule has 0 heterocycles. The van der Waals surface area contributed by atoms with Gasteiger partial charge in [0.2, 0.25) is 0 Å². The highest BCUT2D eigenvalue weighted by Gasteiger charge is 2.59. The zero-order valence-corrected chi connectivity index (χ0v) is 20.9. The molecule has 0 saturated heterocycles. The molecule has 0 amide bonds. The van der Waals surface area contributed by atoms with Gasteiger partial charge in [-0.25, -0.2) is 0 Å². The van der Waals surface area contributed by atoms with E-state index in [0.29, 0.717) is 5.41 Å². The molecule has 0 heteroatoms. The number of allylic oxidation sites excluding steroid dienone is 4. The standard InChI is InChI=1S/C34H36/c1-31(2)22-23-33(30-20-12-13-21-32(30,31)3)24-25-34(26-14-6-4-7-15-26,27-16-8-5-9-17-27)29-19-11-10-18-28(29)33/h4-20H,21-25H2,1-3H3. The summed E-state index contributed by atoms with van der Waals surface area (Å²) in [5.41, 5.74) is 8.11. The van der Waals surface area contributed by atoms with Gasteiger partial charge in [0.05, 0.1) is 0 Å². The van der Waals surface area contributed by atoms with Crippen LogP contribution >= 0.6 is 0 Å². The van der Waals surface area contributed by atoms with Crippen molar-refractivity contribution in [1.29, 1.82) is 0 Å². The van der Waals surface area contributed by atoms with E-state index in [9.17, 15) is 0 Å². The Labute approximate surface area is 205 Å². The van der Waals surface area contributed by atoms with E-state index in [-0.39, 0.29) is 16.2 Å². The third-order valence-electron chi connectivity index (χ3n) is 10.1. The van der Waals surface area contributed by atoms with Crippen molar-refractivity contribution in [3.63, 3.8) is 0 Å². The first-order valence-corrected chi connectivity index (χ1v) is 13.0. The summed E-state index contributed by atoms with van der Waals surface area (Å²) in [5, 5.41) is 0. The van der Waals surface area contributed by atoms with Crippen molar-refractivity contribution in [1.82, 2.24) is 0 Å². The van der Waals surface area contributed by atoms with Crippen molar-refractivity contribution >= 4 is 0 Å². The van der Waals surface area contributed by atoms with Crippen molar-refractivity contribution in [3.05, 3.63) is 131 Å². The molecule has 1 fully saturated rings. The fourth-order valence-corrected chi connectivity index (χ4v) is 7.72. The van der Waals surface area contributed by atoms with Gasteiger partial charge in [-0.3, -0.25) is 0 Å². The van der Waals surface area contributed by atoms with Gasteiger partial charge in [0.25, 0.3) is 0 Å². The molecule has 0 radical (unpaired) electrons. The van der Waals surface area contributed by atoms with Crippen LogP contribution in [-0.4, -0.2) is 0 Å². The van der Waals surface area contributed by atoms with Crippen molar-refractivity contribution in [2.75, 3.05) is 0 Å². The van der Waals surface area contributed by atoms with Gasteiger partial charge in [-0.15, -0.1) is 0 Å². The predicted molar refractivity (Wildman–Crippen MR) is 143 cm³/mol. The highest BCUT2D eigenvalue weighted by atomic mass is 14.6. The third kappa shape index (κ3) is 2.78. The minimum atomic E-state index is -0.112. The molecule has 6 rings (SSSR count). The molecule has 3 aliphatic carbocycles. The number of fused-ring (bicyclic) bond motifs is 4. The van der Waals surface area contributed by atoms with Gasteiger partial charge in [0.1, 0.15) is 0 Å². The molecule has 0 nitrogen and oxygen atoms in total. The lowest BCUT2D eigenvalue weighted by atomic mass is 9.42. The summed E-state index contributed by atoms with van der Waals surface area (Å²) in [6.07, 6.45) is 13.2. The monoisotopic (exact) mass is 444 g/mol. The molecule has 0 bridgehead atoms. The first-order valence-electron chi connectivity index (χ1n) is 13.0. The van der Waals surface area contributed by atoms with E-state index in [1.807, 2.05) is 0 Å². The molecule has 0 aliphatic heterocycles. The Morgan fingerprint density at radius 1 is 0.588 bits per heavy atom. The summed E-state index contributed by atoms with van der Waals surface area (Å²) >= 11 is 0. The second kappa shape index (κ2) is 7.57. The van der Waals surface area contributed by atoms with E-state index >= 15 is 0 Å². The van der Waals surface area contributed by atoms with Crippen molar-refractivity contribution in [2.45, 2.75) is 63.7 Å². The largest absolute Gasteiger partial charge is 0.0837 e. The van der Waals surface area contributed by atoms with Crippen LogP contribution in [0.1, 0.15) is 75.1 Å². The van der Waals surface area contributed by atoms with Crippen molar-refractivity contribution < 1.29 is 0 Å². The normalized spacial score (nSPS) is 28.6. The molecule has 172 valence electrons. The highest BCUT2D eigenvalue weighted by molar-refractivity contribution is 5.60. The molecular formula is C34H36. The Morgan fingerprint density at radius 2 is 1.15 bits per heavy atom. The topological polar surface area (TPSA) is 0 Å². The maximum Gasteiger partial charge on any atom is 0.0454 e. The van der Waals surface area contributed by atoms with Gasteiger partial charge in [-0.1, -0.05) is 130 Å². The molecule has 3 aliphatic rings. The van der Waals surface area contributed by atoms with Gasteiger partial charge in [0.15, 0.2) is 0 Å². The number of hydrogen-bond acceptors (Lipinski definition) is 0. The maximum absolute atomic E-state index is 2.54. The Hall–Kier alpha value is -2.86. The lowest BCUT2D eigenvalue weighted by Crippen LogP contribution is -2.53. The fourth-order valence-electron chi connectivity index (χ4n) is 7.72. The van der Waals surface area contributed by atoms with E-state index < -0.39 is 0 Å². The van der Waals surface area contributed by atoms with Crippen LogP contribution < -0.4 is 0 Å². The van der Waals surface area contributed by atoms with E-state index in [2.05, 4.69) is 124 Å². The van der Waals surface area contributed by atoms with Gasteiger partial charge in [0, 0.05) is 10.8 Å². The molecule has 3 aromatic carbocycles. The van der Waals surface area contributed by atoms with Gasteiger partial charge in [-0.2, -0.15) is 0 Å². The zero-order valence-electron chi connectivity index (χ0n) is 20.9. The summed E-state index contributed by atoms with van der Waals surface area (Å²) in [6, 6.07) is 32.0. The summed E-state index contributed by atoms with van der Waals surface area (Å²) in [4.78, 5) is 0. The molecule has 34 heavy (non-hydrogen) atoms. The van der Waals surface area contributed by atoms with Crippen LogP contribution in [0.25, 0.3) is 0 Å². The van der Waals surface area contributed by atoms with Gasteiger partial charge < -0.3 is 0 Å². The second-order valence-electron chi connectivity index (χ2n) is 11.7.